The molecule has 0 fully saturated rings. The van der Waals surface area contributed by atoms with Crippen molar-refractivity contribution in [1.29, 1.82) is 0 Å². The van der Waals surface area contributed by atoms with Crippen molar-refractivity contribution in [3.63, 3.8) is 0 Å². The van der Waals surface area contributed by atoms with Gasteiger partial charge < -0.3 is 9.15 Å². The Labute approximate surface area is 58.5 Å². The van der Waals surface area contributed by atoms with Gasteiger partial charge in [0, 0.05) is 12.3 Å². The second kappa shape index (κ2) is 2.10. The third-order valence-electron chi connectivity index (χ3n) is 1.34. The van der Waals surface area contributed by atoms with E-state index in [1.165, 1.54) is 0 Å². The number of rotatable bonds is 1. The largest absolute Gasteiger partial charge is 0.479 e. The standard InChI is InChI=1S/C7H7NO2/c1-2-7(10-4-1)8-3-5-9-6-8/h1-5H,6H2. The van der Waals surface area contributed by atoms with Gasteiger partial charge in [-0.1, -0.05) is 0 Å². The summed E-state index contributed by atoms with van der Waals surface area (Å²) in [4.78, 5) is 1.88. The molecular formula is C7H7NO2. The van der Waals surface area contributed by atoms with E-state index in [9.17, 15) is 0 Å². The van der Waals surface area contributed by atoms with Crippen molar-refractivity contribution >= 4 is 5.88 Å². The predicted molar refractivity (Wildman–Crippen MR) is 36.3 cm³/mol. The molecule has 0 saturated heterocycles. The molecule has 0 aliphatic carbocycles. The van der Waals surface area contributed by atoms with Gasteiger partial charge in [-0.15, -0.1) is 0 Å². The van der Waals surface area contributed by atoms with E-state index in [-0.39, 0.29) is 0 Å². The molecule has 0 radical (unpaired) electrons. The Balaban J connectivity index is 2.20. The first kappa shape index (κ1) is 5.41. The van der Waals surface area contributed by atoms with E-state index in [1.807, 2.05) is 23.2 Å². The van der Waals surface area contributed by atoms with Crippen LogP contribution in [0.5, 0.6) is 0 Å². The fraction of sp³-hybridized carbons (Fsp3) is 0.143. The van der Waals surface area contributed by atoms with Crippen LogP contribution in [0.1, 0.15) is 0 Å². The van der Waals surface area contributed by atoms with Crippen LogP contribution in [0.2, 0.25) is 0 Å². The topological polar surface area (TPSA) is 25.6 Å². The molecule has 1 aromatic rings. The molecule has 0 saturated carbocycles. The molecule has 1 aliphatic rings. The number of furan rings is 1. The summed E-state index contributed by atoms with van der Waals surface area (Å²) >= 11 is 0. The van der Waals surface area contributed by atoms with Gasteiger partial charge >= 0.3 is 0 Å². The summed E-state index contributed by atoms with van der Waals surface area (Å²) in [6.07, 6.45) is 5.11. The van der Waals surface area contributed by atoms with Crippen molar-refractivity contribution in [2.45, 2.75) is 0 Å². The van der Waals surface area contributed by atoms with Crippen molar-refractivity contribution in [3.8, 4) is 0 Å². The summed E-state index contributed by atoms with van der Waals surface area (Å²) in [6.45, 7) is 0.549. The molecule has 0 bridgehead atoms. The maximum absolute atomic E-state index is 5.11. The molecule has 0 aromatic carbocycles. The Hall–Kier alpha value is -1.38. The van der Waals surface area contributed by atoms with E-state index >= 15 is 0 Å². The van der Waals surface area contributed by atoms with Gasteiger partial charge in [-0.3, -0.25) is 4.90 Å². The Morgan fingerprint density at radius 2 is 2.50 bits per heavy atom. The molecular weight excluding hydrogens is 130 g/mol. The van der Waals surface area contributed by atoms with Crippen LogP contribution in [0.25, 0.3) is 0 Å². The molecule has 0 amide bonds. The number of anilines is 1. The first-order chi connectivity index (χ1) is 4.97. The molecule has 1 aromatic heterocycles. The van der Waals surface area contributed by atoms with Crippen molar-refractivity contribution in [3.05, 3.63) is 30.9 Å². The summed E-state index contributed by atoms with van der Waals surface area (Å²) in [5.41, 5.74) is 0. The lowest BCUT2D eigenvalue weighted by Crippen LogP contribution is -2.11. The zero-order chi connectivity index (χ0) is 6.81. The van der Waals surface area contributed by atoms with E-state index in [0.29, 0.717) is 6.73 Å². The Morgan fingerprint density at radius 3 is 3.10 bits per heavy atom. The third kappa shape index (κ3) is 0.757. The zero-order valence-electron chi connectivity index (χ0n) is 5.36. The number of hydrogen-bond acceptors (Lipinski definition) is 3. The molecule has 2 rings (SSSR count). The monoisotopic (exact) mass is 137 g/mol. The molecule has 1 aliphatic heterocycles. The van der Waals surface area contributed by atoms with E-state index in [1.54, 1.807) is 12.5 Å². The highest BCUT2D eigenvalue weighted by Crippen LogP contribution is 2.16. The molecule has 3 nitrogen and oxygen atoms in total. The molecule has 3 heteroatoms. The normalized spacial score (nSPS) is 15.8. The van der Waals surface area contributed by atoms with Crippen LogP contribution in [-0.2, 0) is 4.74 Å². The predicted octanol–water partition coefficient (Wildman–Crippen LogP) is 1.54. The van der Waals surface area contributed by atoms with Crippen LogP contribution in [-0.4, -0.2) is 6.73 Å². The first-order valence-electron chi connectivity index (χ1n) is 3.05. The smallest absolute Gasteiger partial charge is 0.201 e. The summed E-state index contributed by atoms with van der Waals surface area (Å²) in [6, 6.07) is 3.74. The number of nitrogens with zero attached hydrogens (tertiary/aromatic N) is 1. The Morgan fingerprint density at radius 1 is 1.50 bits per heavy atom. The maximum Gasteiger partial charge on any atom is 0.201 e. The van der Waals surface area contributed by atoms with Gasteiger partial charge in [0.25, 0.3) is 0 Å². The maximum atomic E-state index is 5.11. The van der Waals surface area contributed by atoms with Gasteiger partial charge in [-0.2, -0.15) is 0 Å². The van der Waals surface area contributed by atoms with Gasteiger partial charge in [0.05, 0.1) is 6.26 Å². The zero-order valence-corrected chi connectivity index (χ0v) is 5.36. The molecule has 10 heavy (non-hydrogen) atoms. The average molecular weight is 137 g/mol. The fourth-order valence-electron chi connectivity index (χ4n) is 0.853. The van der Waals surface area contributed by atoms with Crippen LogP contribution < -0.4 is 4.90 Å². The lowest BCUT2D eigenvalue weighted by molar-refractivity contribution is 0.278. The highest BCUT2D eigenvalue weighted by Gasteiger charge is 2.08. The summed E-state index contributed by atoms with van der Waals surface area (Å²) in [7, 11) is 0. The second-order valence-electron chi connectivity index (χ2n) is 2.00. The SMILES string of the molecule is C1=CN(c2ccco2)CO1. The van der Waals surface area contributed by atoms with Crippen molar-refractivity contribution in [2.75, 3.05) is 11.6 Å². The summed E-state index contributed by atoms with van der Waals surface area (Å²) in [5, 5.41) is 0. The third-order valence-corrected chi connectivity index (χ3v) is 1.34. The number of ether oxygens (including phenoxy) is 1. The van der Waals surface area contributed by atoms with Crippen LogP contribution in [0.15, 0.2) is 35.3 Å². The highest BCUT2D eigenvalue weighted by molar-refractivity contribution is 5.38. The minimum absolute atomic E-state index is 0.549. The molecule has 0 spiro atoms. The molecule has 52 valence electrons. The van der Waals surface area contributed by atoms with E-state index in [4.69, 9.17) is 9.15 Å². The van der Waals surface area contributed by atoms with Gasteiger partial charge in [-0.05, 0) is 6.07 Å². The quantitative estimate of drug-likeness (QED) is 0.587. The van der Waals surface area contributed by atoms with Gasteiger partial charge in [-0.25, -0.2) is 0 Å². The van der Waals surface area contributed by atoms with Crippen LogP contribution in [0.3, 0.4) is 0 Å². The molecule has 0 N–H and O–H groups in total. The van der Waals surface area contributed by atoms with E-state index in [2.05, 4.69) is 0 Å². The van der Waals surface area contributed by atoms with Crippen molar-refractivity contribution < 1.29 is 9.15 Å². The van der Waals surface area contributed by atoms with Gasteiger partial charge in [0.1, 0.15) is 6.26 Å². The Kier molecular flexibility index (Phi) is 1.13. The van der Waals surface area contributed by atoms with E-state index in [0.717, 1.165) is 5.88 Å². The molecule has 2 heterocycles. The average Bonchev–Trinajstić information content (AvgIpc) is 2.59. The number of hydrogen-bond donors (Lipinski definition) is 0. The van der Waals surface area contributed by atoms with Gasteiger partial charge in [0.15, 0.2) is 6.73 Å². The van der Waals surface area contributed by atoms with Crippen molar-refractivity contribution in [1.82, 2.24) is 0 Å². The lowest BCUT2D eigenvalue weighted by Gasteiger charge is -2.07. The second-order valence-corrected chi connectivity index (χ2v) is 2.00. The minimum Gasteiger partial charge on any atom is -0.479 e. The molecule has 0 atom stereocenters. The summed E-state index contributed by atoms with van der Waals surface area (Å²) in [5.74, 6) is 0.814. The minimum atomic E-state index is 0.549. The summed E-state index contributed by atoms with van der Waals surface area (Å²) < 4.78 is 10.1. The fourth-order valence-corrected chi connectivity index (χ4v) is 0.853. The van der Waals surface area contributed by atoms with Crippen LogP contribution in [0, 0.1) is 0 Å². The van der Waals surface area contributed by atoms with Crippen LogP contribution >= 0.6 is 0 Å². The van der Waals surface area contributed by atoms with Gasteiger partial charge in [0.2, 0.25) is 5.88 Å². The van der Waals surface area contributed by atoms with Crippen molar-refractivity contribution in [2.24, 2.45) is 0 Å². The molecule has 0 unspecified atom stereocenters. The first-order valence-corrected chi connectivity index (χ1v) is 3.05. The van der Waals surface area contributed by atoms with E-state index < -0.39 is 0 Å². The van der Waals surface area contributed by atoms with Crippen LogP contribution in [0.4, 0.5) is 5.88 Å². The Bertz CT molecular complexity index is 228. The highest BCUT2D eigenvalue weighted by atomic mass is 16.5. The lowest BCUT2D eigenvalue weighted by atomic mass is 10.6.